The molecule has 2 unspecified atom stereocenters. The van der Waals surface area contributed by atoms with E-state index in [0.29, 0.717) is 17.5 Å². The molecule has 0 saturated heterocycles. The van der Waals surface area contributed by atoms with Crippen molar-refractivity contribution in [2.24, 2.45) is 12.2 Å². The highest BCUT2D eigenvalue weighted by atomic mass is 16.3. The van der Waals surface area contributed by atoms with E-state index >= 15 is 0 Å². The number of carbonyl (C=O) groups excluding carboxylic acids is 1. The second kappa shape index (κ2) is 10.8. The molecule has 3 aromatic rings. The molecule has 0 spiro atoms. The van der Waals surface area contributed by atoms with Crippen LogP contribution in [-0.4, -0.2) is 28.2 Å². The van der Waals surface area contributed by atoms with Crippen LogP contribution in [0.15, 0.2) is 76.8 Å². The third-order valence-corrected chi connectivity index (χ3v) is 5.78. The molecule has 2 aromatic carbocycles. The minimum absolute atomic E-state index is 0.138. The fourth-order valence-corrected chi connectivity index (χ4v) is 3.91. The highest BCUT2D eigenvalue weighted by Crippen LogP contribution is 2.37. The van der Waals surface area contributed by atoms with Crippen LogP contribution in [0.2, 0.25) is 0 Å². The number of carbonyl (C=O) groups is 1. The molecular weight excluding hydrogens is 418 g/mol. The molecule has 1 heterocycles. The monoisotopic (exact) mass is 447 g/mol. The number of aliphatic hydroxyl groups is 1. The maximum Gasteiger partial charge on any atom is 0.251 e. The molecule has 0 aliphatic heterocycles. The van der Waals surface area contributed by atoms with Crippen LogP contribution in [0.5, 0.6) is 0 Å². The molecule has 33 heavy (non-hydrogen) atoms. The average Bonchev–Trinajstić information content (AvgIpc) is 2.81. The average molecular weight is 448 g/mol. The Morgan fingerprint density at radius 1 is 1.06 bits per heavy atom. The highest BCUT2D eigenvalue weighted by Gasteiger charge is 2.24. The van der Waals surface area contributed by atoms with Crippen LogP contribution in [0.1, 0.15) is 57.9 Å². The van der Waals surface area contributed by atoms with Crippen molar-refractivity contribution in [2.45, 2.75) is 38.3 Å². The fraction of sp³-hybridized carbons (Fsp3) is 0.308. The number of nitrogens with zero attached hydrogens (tertiary/aromatic N) is 2. The number of aryl methyl sites for hydroxylation is 2. The van der Waals surface area contributed by atoms with Gasteiger partial charge in [-0.25, -0.2) is 0 Å². The first-order valence-electron chi connectivity index (χ1n) is 10.9. The smallest absolute Gasteiger partial charge is 0.251 e. The molecule has 7 nitrogen and oxygen atoms in total. The van der Waals surface area contributed by atoms with Gasteiger partial charge >= 0.3 is 0 Å². The topological polar surface area (TPSA) is 101 Å². The van der Waals surface area contributed by atoms with Crippen LogP contribution in [0.3, 0.4) is 0 Å². The molecular formula is C26H29N3O4. The number of amides is 1. The Morgan fingerprint density at radius 2 is 1.73 bits per heavy atom. The van der Waals surface area contributed by atoms with Gasteiger partial charge in [-0.2, -0.15) is 4.91 Å². The van der Waals surface area contributed by atoms with Gasteiger partial charge in [-0.15, -0.1) is 0 Å². The summed E-state index contributed by atoms with van der Waals surface area (Å²) in [4.78, 5) is 35.9. The van der Waals surface area contributed by atoms with Crippen molar-refractivity contribution >= 4 is 5.91 Å². The van der Waals surface area contributed by atoms with Gasteiger partial charge in [0.15, 0.2) is 0 Å². The lowest BCUT2D eigenvalue weighted by atomic mass is 9.82. The van der Waals surface area contributed by atoms with Crippen molar-refractivity contribution in [2.75, 3.05) is 6.54 Å². The summed E-state index contributed by atoms with van der Waals surface area (Å²) < 4.78 is 1.44. The van der Waals surface area contributed by atoms with Crippen molar-refractivity contribution in [3.63, 3.8) is 0 Å². The summed E-state index contributed by atoms with van der Waals surface area (Å²) in [5.74, 6) is -0.395. The maximum atomic E-state index is 12.3. The molecule has 2 N–H and O–H groups in total. The first-order valence-corrected chi connectivity index (χ1v) is 10.9. The van der Waals surface area contributed by atoms with Crippen molar-refractivity contribution in [1.82, 2.24) is 9.88 Å². The number of benzene rings is 2. The summed E-state index contributed by atoms with van der Waals surface area (Å²) in [6.07, 6.45) is 1.45. The van der Waals surface area contributed by atoms with E-state index in [1.54, 1.807) is 38.4 Å². The van der Waals surface area contributed by atoms with Gasteiger partial charge in [0.25, 0.3) is 5.91 Å². The Kier molecular flexibility index (Phi) is 7.90. The number of rotatable bonds is 9. The molecule has 7 heteroatoms. The summed E-state index contributed by atoms with van der Waals surface area (Å²) >= 11 is 0. The van der Waals surface area contributed by atoms with Gasteiger partial charge in [-0.05, 0) is 60.7 Å². The quantitative estimate of drug-likeness (QED) is 0.487. The molecule has 3 rings (SSSR count). The first kappa shape index (κ1) is 24.1. The minimum atomic E-state index is -0.643. The molecule has 0 fully saturated rings. The number of nitrogens with one attached hydrogen (secondary N) is 1. The molecule has 0 aliphatic carbocycles. The van der Waals surface area contributed by atoms with E-state index in [9.17, 15) is 19.6 Å². The summed E-state index contributed by atoms with van der Waals surface area (Å²) in [5.41, 5.74) is 4.14. The maximum absolute atomic E-state index is 12.3. The van der Waals surface area contributed by atoms with Crippen molar-refractivity contribution < 1.29 is 9.90 Å². The van der Waals surface area contributed by atoms with Crippen LogP contribution in [0.25, 0.3) is 0 Å². The minimum Gasteiger partial charge on any atom is -0.392 e. The lowest BCUT2D eigenvalue weighted by Crippen LogP contribution is -2.30. The molecule has 1 aromatic heterocycles. The number of aliphatic hydroxyl groups excluding tert-OH is 1. The van der Waals surface area contributed by atoms with Crippen molar-refractivity contribution in [3.05, 3.63) is 110 Å². The van der Waals surface area contributed by atoms with Crippen LogP contribution in [0, 0.1) is 11.8 Å². The van der Waals surface area contributed by atoms with Gasteiger partial charge in [-0.3, -0.25) is 9.59 Å². The Bertz CT molecular complexity index is 1170. The molecule has 0 radical (unpaired) electrons. The lowest BCUT2D eigenvalue weighted by Gasteiger charge is -2.23. The molecule has 172 valence electrons. The number of hydrogen-bond donors (Lipinski definition) is 2. The summed E-state index contributed by atoms with van der Waals surface area (Å²) in [7, 11) is 1.65. The largest absolute Gasteiger partial charge is 0.392 e. The van der Waals surface area contributed by atoms with E-state index in [1.807, 2.05) is 43.3 Å². The summed E-state index contributed by atoms with van der Waals surface area (Å²) in [6, 6.07) is 17.7. The van der Waals surface area contributed by atoms with E-state index in [4.69, 9.17) is 0 Å². The SMILES string of the molecule is Cc1ccccc1C(CC(N=O)c1ccc(=O)n(C)c1)c1ccc(C(=O)NC[C@H](C)O)cc1. The van der Waals surface area contributed by atoms with Crippen LogP contribution in [0.4, 0.5) is 0 Å². The van der Waals surface area contributed by atoms with Gasteiger partial charge < -0.3 is 15.0 Å². The Hall–Kier alpha value is -3.58. The van der Waals surface area contributed by atoms with Gasteiger partial charge in [0.2, 0.25) is 5.56 Å². The molecule has 0 aliphatic rings. The fourth-order valence-electron chi connectivity index (χ4n) is 3.91. The van der Waals surface area contributed by atoms with Gasteiger partial charge in [0.05, 0.1) is 6.10 Å². The predicted octanol–water partition coefficient (Wildman–Crippen LogP) is 3.83. The van der Waals surface area contributed by atoms with Gasteiger partial charge in [0, 0.05) is 37.3 Å². The number of pyridine rings is 1. The normalized spacial score (nSPS) is 13.7. The van der Waals surface area contributed by atoms with E-state index in [2.05, 4.69) is 10.5 Å². The third kappa shape index (κ3) is 6.02. The van der Waals surface area contributed by atoms with Crippen LogP contribution < -0.4 is 10.9 Å². The summed E-state index contributed by atoms with van der Waals surface area (Å²) in [6.45, 7) is 3.81. The number of aromatic nitrogens is 1. The zero-order chi connectivity index (χ0) is 24.0. The molecule has 3 atom stereocenters. The molecule has 0 saturated carbocycles. The Morgan fingerprint density at radius 3 is 2.33 bits per heavy atom. The second-order valence-electron chi connectivity index (χ2n) is 8.36. The molecule has 1 amide bonds. The van der Waals surface area contributed by atoms with Crippen LogP contribution >= 0.6 is 0 Å². The first-order chi connectivity index (χ1) is 15.8. The predicted molar refractivity (Wildman–Crippen MR) is 128 cm³/mol. The number of nitroso groups, excluding NO2 is 1. The van der Waals surface area contributed by atoms with Gasteiger partial charge in [0.1, 0.15) is 6.04 Å². The Labute approximate surface area is 193 Å². The highest BCUT2D eigenvalue weighted by molar-refractivity contribution is 5.94. The molecule has 0 bridgehead atoms. The number of hydrogen-bond acceptors (Lipinski definition) is 5. The van der Waals surface area contributed by atoms with E-state index in [0.717, 1.165) is 16.7 Å². The third-order valence-electron chi connectivity index (χ3n) is 5.78. The zero-order valence-electron chi connectivity index (χ0n) is 19.1. The lowest BCUT2D eigenvalue weighted by molar-refractivity contribution is 0.0924. The van der Waals surface area contributed by atoms with E-state index < -0.39 is 12.1 Å². The Balaban J connectivity index is 1.94. The van der Waals surface area contributed by atoms with Crippen molar-refractivity contribution in [1.29, 1.82) is 0 Å². The van der Waals surface area contributed by atoms with Crippen molar-refractivity contribution in [3.8, 4) is 0 Å². The van der Waals surface area contributed by atoms with Gasteiger partial charge in [-0.1, -0.05) is 41.6 Å². The second-order valence-corrected chi connectivity index (χ2v) is 8.36. The standard InChI is InChI=1S/C26H29N3O4/c1-17-6-4-5-7-22(17)23(14-24(28-33)21-12-13-25(31)29(3)16-21)19-8-10-20(11-9-19)26(32)27-15-18(2)30/h4-13,16,18,23-24,30H,14-15H2,1-3H3,(H,27,32)/t18-,23?,24?/m0/s1. The van der Waals surface area contributed by atoms with E-state index in [1.165, 1.54) is 10.6 Å². The zero-order valence-corrected chi connectivity index (χ0v) is 19.1. The summed E-state index contributed by atoms with van der Waals surface area (Å²) in [5, 5.41) is 15.5. The van der Waals surface area contributed by atoms with Crippen LogP contribution in [-0.2, 0) is 7.05 Å². The van der Waals surface area contributed by atoms with E-state index in [-0.39, 0.29) is 23.9 Å².